The van der Waals surface area contributed by atoms with Crippen molar-refractivity contribution in [2.24, 2.45) is 5.92 Å². The third kappa shape index (κ3) is 4.20. The first-order chi connectivity index (χ1) is 16.5. The Morgan fingerprint density at radius 2 is 2.06 bits per heavy atom. The highest BCUT2D eigenvalue weighted by Crippen LogP contribution is 2.34. The molecule has 34 heavy (non-hydrogen) atoms. The molecule has 3 aromatic rings. The van der Waals surface area contributed by atoms with Gasteiger partial charge in [-0.3, -0.25) is 19.0 Å². The first kappa shape index (κ1) is 22.9. The zero-order valence-electron chi connectivity index (χ0n) is 18.6. The lowest BCUT2D eigenvalue weighted by atomic mass is 9.97. The number of likely N-dealkylation sites (tertiary alicyclic amines) is 1. The van der Waals surface area contributed by atoms with Gasteiger partial charge in [-0.15, -0.1) is 0 Å². The number of thioether (sulfide) groups is 1. The van der Waals surface area contributed by atoms with Gasteiger partial charge in [-0.2, -0.15) is 5.10 Å². The van der Waals surface area contributed by atoms with Crippen LogP contribution in [0.25, 0.3) is 16.7 Å². The number of fused-ring (bicyclic) bond motifs is 2. The predicted octanol–water partition coefficient (Wildman–Crippen LogP) is 3.07. The number of aromatic nitrogens is 4. The van der Waals surface area contributed by atoms with E-state index >= 15 is 0 Å². The van der Waals surface area contributed by atoms with Gasteiger partial charge in [0.25, 0.3) is 5.56 Å². The third-order valence-corrected chi connectivity index (χ3v) is 7.60. The summed E-state index contributed by atoms with van der Waals surface area (Å²) in [7, 11) is 0. The highest BCUT2D eigenvalue weighted by atomic mass is 35.5. The van der Waals surface area contributed by atoms with Gasteiger partial charge in [0, 0.05) is 30.3 Å². The van der Waals surface area contributed by atoms with Crippen LogP contribution in [0, 0.1) is 5.92 Å². The summed E-state index contributed by atoms with van der Waals surface area (Å²) in [5, 5.41) is 5.96. The lowest BCUT2D eigenvalue weighted by Crippen LogP contribution is -2.43. The molecule has 2 atom stereocenters. The summed E-state index contributed by atoms with van der Waals surface area (Å²) in [5.41, 5.74) is 1.03. The zero-order chi connectivity index (χ0) is 23.8. The molecule has 11 heteroatoms. The van der Waals surface area contributed by atoms with Gasteiger partial charge in [0.1, 0.15) is 5.39 Å². The lowest BCUT2D eigenvalue weighted by Gasteiger charge is -2.32. The minimum absolute atomic E-state index is 0.0590. The van der Waals surface area contributed by atoms with Gasteiger partial charge in [-0.05, 0) is 44.0 Å². The van der Waals surface area contributed by atoms with Gasteiger partial charge in [0.15, 0.2) is 10.8 Å². The van der Waals surface area contributed by atoms with E-state index in [0.29, 0.717) is 46.7 Å². The predicted molar refractivity (Wildman–Crippen MR) is 128 cm³/mol. The molecule has 9 nitrogen and oxygen atoms in total. The van der Waals surface area contributed by atoms with E-state index in [-0.39, 0.29) is 35.8 Å². The van der Waals surface area contributed by atoms with Gasteiger partial charge >= 0.3 is 5.97 Å². The molecule has 0 bridgehead atoms. The highest BCUT2D eigenvalue weighted by Gasteiger charge is 2.34. The van der Waals surface area contributed by atoms with E-state index in [1.165, 1.54) is 18.0 Å². The number of piperidine rings is 1. The molecule has 2 unspecified atom stereocenters. The van der Waals surface area contributed by atoms with Crippen molar-refractivity contribution >= 4 is 46.3 Å². The van der Waals surface area contributed by atoms with Crippen LogP contribution >= 0.6 is 23.4 Å². The summed E-state index contributed by atoms with van der Waals surface area (Å²) in [6.45, 7) is 3.09. The molecule has 0 N–H and O–H groups in total. The Morgan fingerprint density at radius 1 is 1.26 bits per heavy atom. The molecule has 1 amide bonds. The number of hydrogen-bond acceptors (Lipinski definition) is 7. The largest absolute Gasteiger partial charge is 0.466 e. The smallest absolute Gasteiger partial charge is 0.310 e. The topological polar surface area (TPSA) is 99.3 Å². The van der Waals surface area contributed by atoms with E-state index in [1.807, 2.05) is 12.1 Å². The van der Waals surface area contributed by atoms with Crippen molar-refractivity contribution in [3.63, 3.8) is 0 Å². The number of hydrogen-bond donors (Lipinski definition) is 0. The maximum atomic E-state index is 13.3. The van der Waals surface area contributed by atoms with Crippen LogP contribution in [0.1, 0.15) is 32.2 Å². The highest BCUT2D eigenvalue weighted by molar-refractivity contribution is 7.99. The number of rotatable bonds is 5. The van der Waals surface area contributed by atoms with E-state index in [4.69, 9.17) is 21.3 Å². The van der Waals surface area contributed by atoms with E-state index in [1.54, 1.807) is 33.2 Å². The monoisotopic (exact) mass is 501 g/mol. The lowest BCUT2D eigenvalue weighted by molar-refractivity contribution is -0.151. The average molecular weight is 502 g/mol. The van der Waals surface area contributed by atoms with Gasteiger partial charge < -0.3 is 9.64 Å². The van der Waals surface area contributed by atoms with Crippen LogP contribution in [0.4, 0.5) is 0 Å². The van der Waals surface area contributed by atoms with Crippen LogP contribution in [0.2, 0.25) is 5.02 Å². The van der Waals surface area contributed by atoms with Crippen LogP contribution in [0.3, 0.4) is 0 Å². The Balaban J connectivity index is 1.37. The summed E-state index contributed by atoms with van der Waals surface area (Å²) in [6, 6.07) is 6.86. The van der Waals surface area contributed by atoms with Gasteiger partial charge in [0.05, 0.1) is 30.5 Å². The maximum absolute atomic E-state index is 13.3. The number of benzene rings is 1. The second kappa shape index (κ2) is 9.42. The van der Waals surface area contributed by atoms with Gasteiger partial charge in [0.2, 0.25) is 5.91 Å². The molecule has 2 aromatic heterocycles. The molecule has 1 fully saturated rings. The Kier molecular flexibility index (Phi) is 6.35. The number of carbonyl (C=O) groups excluding carboxylic acids is 2. The van der Waals surface area contributed by atoms with Crippen molar-refractivity contribution in [2.45, 2.75) is 37.4 Å². The van der Waals surface area contributed by atoms with Gasteiger partial charge in [-0.25, -0.2) is 9.67 Å². The van der Waals surface area contributed by atoms with Gasteiger partial charge in [-0.1, -0.05) is 23.4 Å². The Hall–Kier alpha value is -2.85. The van der Waals surface area contributed by atoms with Crippen molar-refractivity contribution in [3.05, 3.63) is 45.8 Å². The van der Waals surface area contributed by atoms with Crippen LogP contribution in [0.5, 0.6) is 0 Å². The zero-order valence-corrected chi connectivity index (χ0v) is 20.2. The van der Waals surface area contributed by atoms with E-state index in [2.05, 4.69) is 5.10 Å². The molecular weight excluding hydrogens is 478 g/mol. The average Bonchev–Trinajstić information content (AvgIpc) is 3.45. The number of halogens is 1. The molecule has 2 aliphatic rings. The summed E-state index contributed by atoms with van der Waals surface area (Å²) >= 11 is 7.45. The van der Waals surface area contributed by atoms with Crippen molar-refractivity contribution in [3.8, 4) is 5.69 Å². The molecule has 0 saturated carbocycles. The van der Waals surface area contributed by atoms with Crippen molar-refractivity contribution in [2.75, 3.05) is 25.4 Å². The molecule has 1 aromatic carbocycles. The van der Waals surface area contributed by atoms with Crippen LogP contribution in [-0.4, -0.2) is 61.6 Å². The molecule has 5 rings (SSSR count). The molecular formula is C23H24ClN5O4S. The van der Waals surface area contributed by atoms with E-state index < -0.39 is 0 Å². The standard InChI is InChI=1S/C23H24ClN5O4S/c1-2-33-22(32)14-4-3-9-27(12-14)19(30)10-17-13-34-23-26-20-18(21(31)28(17)23)11-25-29(20)16-7-5-15(24)6-8-16/h5-8,11,14,17H,2-4,9-10,12-13H2,1H3. The van der Waals surface area contributed by atoms with E-state index in [0.717, 1.165) is 18.5 Å². The van der Waals surface area contributed by atoms with Crippen LogP contribution in [-0.2, 0) is 14.3 Å². The summed E-state index contributed by atoms with van der Waals surface area (Å²) in [5.74, 6) is -0.00593. The number of amides is 1. The molecule has 2 aliphatic heterocycles. The van der Waals surface area contributed by atoms with Crippen LogP contribution in [0.15, 0.2) is 40.4 Å². The summed E-state index contributed by atoms with van der Waals surface area (Å²) in [4.78, 5) is 45.0. The molecule has 0 spiro atoms. The summed E-state index contributed by atoms with van der Waals surface area (Å²) < 4.78 is 8.38. The number of esters is 1. The normalized spacial score (nSPS) is 19.9. The fourth-order valence-electron chi connectivity index (χ4n) is 4.54. The Bertz CT molecular complexity index is 1310. The molecule has 4 heterocycles. The Labute approximate surface area is 205 Å². The number of nitrogens with zero attached hydrogens (tertiary/aromatic N) is 5. The van der Waals surface area contributed by atoms with Crippen molar-refractivity contribution in [1.29, 1.82) is 0 Å². The van der Waals surface area contributed by atoms with Crippen molar-refractivity contribution < 1.29 is 14.3 Å². The minimum Gasteiger partial charge on any atom is -0.466 e. The molecule has 0 aliphatic carbocycles. The van der Waals surface area contributed by atoms with Crippen LogP contribution < -0.4 is 5.56 Å². The third-order valence-electron chi connectivity index (χ3n) is 6.25. The first-order valence-corrected chi connectivity index (χ1v) is 12.7. The minimum atomic E-state index is -0.293. The maximum Gasteiger partial charge on any atom is 0.310 e. The summed E-state index contributed by atoms with van der Waals surface area (Å²) in [6.07, 6.45) is 3.19. The fourth-order valence-corrected chi connectivity index (χ4v) is 5.80. The SMILES string of the molecule is CCOC(=O)C1CCCN(C(=O)CC2CSc3nc4c(cnn4-c4ccc(Cl)cc4)c(=O)n32)C1. The molecule has 0 radical (unpaired) electrons. The fraction of sp³-hybridized carbons (Fsp3) is 0.435. The first-order valence-electron chi connectivity index (χ1n) is 11.3. The quantitative estimate of drug-likeness (QED) is 0.391. The second-order valence-electron chi connectivity index (χ2n) is 8.44. The Morgan fingerprint density at radius 3 is 2.82 bits per heavy atom. The van der Waals surface area contributed by atoms with Crippen molar-refractivity contribution in [1.82, 2.24) is 24.2 Å². The number of ether oxygens (including phenoxy) is 1. The number of carbonyl (C=O) groups is 2. The van der Waals surface area contributed by atoms with E-state index in [9.17, 15) is 14.4 Å². The second-order valence-corrected chi connectivity index (χ2v) is 9.86. The molecule has 178 valence electrons. The molecule has 1 saturated heterocycles.